The van der Waals surface area contributed by atoms with Gasteiger partial charge in [-0.1, -0.05) is 17.7 Å². The topological polar surface area (TPSA) is 48.1 Å². The van der Waals surface area contributed by atoms with Crippen LogP contribution in [0.3, 0.4) is 0 Å². The Hall–Kier alpha value is -2.26. The number of halogens is 1. The number of aromatic nitrogens is 1. The molecule has 0 spiro atoms. The zero-order valence-corrected chi connectivity index (χ0v) is 11.7. The minimum Gasteiger partial charge on any atom is -0.437 e. The van der Waals surface area contributed by atoms with Gasteiger partial charge in [0.25, 0.3) is 0 Å². The van der Waals surface area contributed by atoms with Crippen molar-refractivity contribution in [1.29, 1.82) is 0 Å². The zero-order chi connectivity index (χ0) is 14.1. The highest BCUT2D eigenvalue weighted by Crippen LogP contribution is 2.30. The molecule has 1 heterocycles. The average molecular weight is 285 g/mol. The highest BCUT2D eigenvalue weighted by molar-refractivity contribution is 6.32. The Morgan fingerprint density at radius 2 is 1.90 bits per heavy atom. The van der Waals surface area contributed by atoms with Crippen LogP contribution < -0.4 is 10.5 Å². The van der Waals surface area contributed by atoms with Crippen LogP contribution >= 0.6 is 11.6 Å². The van der Waals surface area contributed by atoms with Crippen molar-refractivity contribution in [3.8, 4) is 11.6 Å². The molecular formula is C16H13ClN2O. The first kappa shape index (κ1) is 12.8. The fourth-order valence-electron chi connectivity index (χ4n) is 1.98. The standard InChI is InChI=1S/C16H13ClN2O/c1-10-2-5-13(17)15(8-10)20-16-7-3-11-9-12(18)4-6-14(11)19-16/h2-9H,18H2,1H3. The molecule has 0 aliphatic carbocycles. The highest BCUT2D eigenvalue weighted by atomic mass is 35.5. The van der Waals surface area contributed by atoms with Gasteiger partial charge in [0.05, 0.1) is 10.5 Å². The van der Waals surface area contributed by atoms with E-state index in [1.807, 2.05) is 49.4 Å². The van der Waals surface area contributed by atoms with Crippen LogP contribution in [0.15, 0.2) is 48.5 Å². The zero-order valence-electron chi connectivity index (χ0n) is 10.9. The van der Waals surface area contributed by atoms with Crippen LogP contribution in [0.25, 0.3) is 10.9 Å². The van der Waals surface area contributed by atoms with Crippen LogP contribution in [-0.2, 0) is 0 Å². The molecule has 0 bridgehead atoms. The summed E-state index contributed by atoms with van der Waals surface area (Å²) in [5, 5.41) is 1.54. The van der Waals surface area contributed by atoms with Crippen LogP contribution in [0.4, 0.5) is 5.69 Å². The molecule has 1 aromatic heterocycles. The molecule has 0 fully saturated rings. The molecule has 0 radical (unpaired) electrons. The summed E-state index contributed by atoms with van der Waals surface area (Å²) >= 11 is 6.12. The quantitative estimate of drug-likeness (QED) is 0.701. The number of anilines is 1. The van der Waals surface area contributed by atoms with Gasteiger partial charge in [-0.25, -0.2) is 4.98 Å². The van der Waals surface area contributed by atoms with E-state index in [0.29, 0.717) is 16.7 Å². The fraction of sp³-hybridized carbons (Fsp3) is 0.0625. The molecule has 0 atom stereocenters. The maximum atomic E-state index is 6.12. The van der Waals surface area contributed by atoms with Crippen molar-refractivity contribution in [3.63, 3.8) is 0 Å². The van der Waals surface area contributed by atoms with Crippen LogP contribution in [0.5, 0.6) is 11.6 Å². The summed E-state index contributed by atoms with van der Waals surface area (Å²) in [5.74, 6) is 1.11. The second kappa shape index (κ2) is 5.02. The lowest BCUT2D eigenvalue weighted by molar-refractivity contribution is 0.465. The highest BCUT2D eigenvalue weighted by Gasteiger charge is 2.05. The van der Waals surface area contributed by atoms with Crippen molar-refractivity contribution in [2.75, 3.05) is 5.73 Å². The molecule has 3 nitrogen and oxygen atoms in total. The minimum absolute atomic E-state index is 0.509. The molecule has 0 amide bonds. The Kier molecular flexibility index (Phi) is 3.20. The van der Waals surface area contributed by atoms with Gasteiger partial charge < -0.3 is 10.5 Å². The second-order valence-electron chi connectivity index (χ2n) is 4.64. The van der Waals surface area contributed by atoms with Crippen molar-refractivity contribution < 1.29 is 4.74 Å². The summed E-state index contributed by atoms with van der Waals surface area (Å²) in [7, 11) is 0. The van der Waals surface area contributed by atoms with Gasteiger partial charge in [-0.15, -0.1) is 0 Å². The third-order valence-electron chi connectivity index (χ3n) is 2.99. The first-order chi connectivity index (χ1) is 9.61. The van der Waals surface area contributed by atoms with Gasteiger partial charge in [0.2, 0.25) is 5.88 Å². The van der Waals surface area contributed by atoms with Crippen molar-refractivity contribution in [3.05, 3.63) is 59.1 Å². The Bertz CT molecular complexity index is 787. The van der Waals surface area contributed by atoms with Crippen LogP contribution in [0, 0.1) is 6.92 Å². The lowest BCUT2D eigenvalue weighted by Gasteiger charge is -2.08. The molecule has 0 saturated carbocycles. The number of hydrogen-bond donors (Lipinski definition) is 1. The van der Waals surface area contributed by atoms with Crippen LogP contribution in [0.1, 0.15) is 5.56 Å². The maximum Gasteiger partial charge on any atom is 0.219 e. The smallest absolute Gasteiger partial charge is 0.219 e. The SMILES string of the molecule is Cc1ccc(Cl)c(Oc2ccc3cc(N)ccc3n2)c1. The number of nitrogens with zero attached hydrogens (tertiary/aromatic N) is 1. The molecule has 0 saturated heterocycles. The van der Waals surface area contributed by atoms with E-state index in [1.165, 1.54) is 0 Å². The van der Waals surface area contributed by atoms with Gasteiger partial charge in [0.15, 0.2) is 0 Å². The van der Waals surface area contributed by atoms with Gasteiger partial charge >= 0.3 is 0 Å². The normalized spacial score (nSPS) is 10.7. The van der Waals surface area contributed by atoms with E-state index < -0.39 is 0 Å². The third kappa shape index (κ3) is 2.53. The Morgan fingerprint density at radius 1 is 1.05 bits per heavy atom. The molecule has 2 N–H and O–H groups in total. The van der Waals surface area contributed by atoms with Gasteiger partial charge in [-0.05, 0) is 48.9 Å². The maximum absolute atomic E-state index is 6.12. The number of benzene rings is 2. The van der Waals surface area contributed by atoms with Crippen LogP contribution in [-0.4, -0.2) is 4.98 Å². The largest absolute Gasteiger partial charge is 0.437 e. The van der Waals surface area contributed by atoms with E-state index in [2.05, 4.69) is 4.98 Å². The molecule has 2 aromatic carbocycles. The van der Waals surface area contributed by atoms with Crippen molar-refractivity contribution in [2.45, 2.75) is 6.92 Å². The van der Waals surface area contributed by atoms with Gasteiger partial charge in [-0.3, -0.25) is 0 Å². The number of pyridine rings is 1. The first-order valence-electron chi connectivity index (χ1n) is 6.22. The number of ether oxygens (including phenoxy) is 1. The number of fused-ring (bicyclic) bond motifs is 1. The average Bonchev–Trinajstić information content (AvgIpc) is 2.43. The van der Waals surface area contributed by atoms with E-state index >= 15 is 0 Å². The monoisotopic (exact) mass is 284 g/mol. The number of rotatable bonds is 2. The Morgan fingerprint density at radius 3 is 2.75 bits per heavy atom. The summed E-state index contributed by atoms with van der Waals surface area (Å²) < 4.78 is 5.75. The third-order valence-corrected chi connectivity index (χ3v) is 3.30. The number of aryl methyl sites for hydroxylation is 1. The van der Waals surface area contributed by atoms with E-state index in [1.54, 1.807) is 6.07 Å². The molecule has 0 aliphatic rings. The van der Waals surface area contributed by atoms with E-state index in [-0.39, 0.29) is 0 Å². The lowest BCUT2D eigenvalue weighted by atomic mass is 10.2. The first-order valence-corrected chi connectivity index (χ1v) is 6.60. The summed E-state index contributed by atoms with van der Waals surface area (Å²) in [6.07, 6.45) is 0. The van der Waals surface area contributed by atoms with Gasteiger partial charge in [0, 0.05) is 17.1 Å². The number of hydrogen-bond acceptors (Lipinski definition) is 3. The van der Waals surface area contributed by atoms with E-state index in [0.717, 1.165) is 22.2 Å². The summed E-state index contributed by atoms with van der Waals surface area (Å²) in [4.78, 5) is 4.45. The van der Waals surface area contributed by atoms with Crippen molar-refractivity contribution >= 4 is 28.2 Å². The molecule has 3 rings (SSSR count). The van der Waals surface area contributed by atoms with E-state index in [9.17, 15) is 0 Å². The van der Waals surface area contributed by atoms with Crippen LogP contribution in [0.2, 0.25) is 5.02 Å². The minimum atomic E-state index is 0.509. The molecule has 0 aliphatic heterocycles. The summed E-state index contributed by atoms with van der Waals surface area (Å²) in [6.45, 7) is 1.99. The Labute approximate surface area is 122 Å². The molecule has 20 heavy (non-hydrogen) atoms. The molecule has 0 unspecified atom stereocenters. The summed E-state index contributed by atoms with van der Waals surface area (Å²) in [6, 6.07) is 14.9. The number of nitrogen functional groups attached to an aromatic ring is 1. The molecular weight excluding hydrogens is 272 g/mol. The number of nitrogens with two attached hydrogens (primary N) is 1. The predicted octanol–water partition coefficient (Wildman–Crippen LogP) is 4.57. The molecule has 3 aromatic rings. The van der Waals surface area contributed by atoms with Gasteiger partial charge in [0.1, 0.15) is 5.75 Å². The predicted molar refractivity (Wildman–Crippen MR) is 82.4 cm³/mol. The molecule has 4 heteroatoms. The molecule has 100 valence electrons. The summed E-state index contributed by atoms with van der Waals surface area (Å²) in [5.41, 5.74) is 8.38. The fourth-order valence-corrected chi connectivity index (χ4v) is 2.14. The Balaban J connectivity index is 1.98. The van der Waals surface area contributed by atoms with Crippen molar-refractivity contribution in [1.82, 2.24) is 4.98 Å². The second-order valence-corrected chi connectivity index (χ2v) is 5.04. The van der Waals surface area contributed by atoms with E-state index in [4.69, 9.17) is 22.1 Å². The van der Waals surface area contributed by atoms with Crippen molar-refractivity contribution in [2.24, 2.45) is 0 Å². The lowest BCUT2D eigenvalue weighted by Crippen LogP contribution is -1.91. The van der Waals surface area contributed by atoms with Gasteiger partial charge in [-0.2, -0.15) is 0 Å².